The number of para-hydroxylation sites is 1. The van der Waals surface area contributed by atoms with E-state index in [-0.39, 0.29) is 5.91 Å². The fourth-order valence-electron chi connectivity index (χ4n) is 2.34. The Morgan fingerprint density at radius 3 is 2.78 bits per heavy atom. The van der Waals surface area contributed by atoms with E-state index in [1.165, 1.54) is 5.56 Å². The summed E-state index contributed by atoms with van der Waals surface area (Å²) in [6.45, 7) is 6.23. The first-order valence-electron chi connectivity index (χ1n) is 6.29. The lowest BCUT2D eigenvalue weighted by Crippen LogP contribution is -2.43. The van der Waals surface area contributed by atoms with Crippen molar-refractivity contribution in [2.24, 2.45) is 5.41 Å². The summed E-state index contributed by atoms with van der Waals surface area (Å²) < 4.78 is 0. The summed E-state index contributed by atoms with van der Waals surface area (Å²) in [6, 6.07) is 10.1. The molecule has 1 aliphatic heterocycles. The minimum atomic E-state index is -0.965. The lowest BCUT2D eigenvalue weighted by molar-refractivity contribution is -0.124. The summed E-state index contributed by atoms with van der Waals surface area (Å²) in [5.74, 6) is 0.361. The molecule has 18 heavy (non-hydrogen) atoms. The monoisotopic (exact) mass is 242 g/mol. The average molecular weight is 242 g/mol. The number of fused-ring (bicyclic) bond motifs is 1. The van der Waals surface area contributed by atoms with Crippen LogP contribution in [0.4, 0.5) is 5.69 Å². The number of nitrogens with zero attached hydrogens (tertiary/aromatic N) is 2. The molecule has 0 aromatic heterocycles. The maximum atomic E-state index is 12.4. The van der Waals surface area contributed by atoms with Crippen LogP contribution in [0.25, 0.3) is 0 Å². The molecule has 2 rings (SSSR count). The Morgan fingerprint density at radius 1 is 1.44 bits per heavy atom. The second kappa shape index (κ2) is 4.45. The molecule has 1 aliphatic rings. The van der Waals surface area contributed by atoms with E-state index < -0.39 is 5.41 Å². The number of nitriles is 1. The fourth-order valence-corrected chi connectivity index (χ4v) is 2.34. The van der Waals surface area contributed by atoms with Crippen LogP contribution >= 0.6 is 0 Å². The lowest BCUT2D eigenvalue weighted by atomic mass is 9.88. The Morgan fingerprint density at radius 2 is 2.11 bits per heavy atom. The molecule has 1 amide bonds. The normalized spacial score (nSPS) is 19.0. The third kappa shape index (κ3) is 1.99. The Balaban J connectivity index is 2.42. The van der Waals surface area contributed by atoms with Crippen molar-refractivity contribution in [1.29, 1.82) is 5.26 Å². The number of anilines is 1. The standard InChI is InChI=1S/C15H18N2O/c1-11-8-9-17(14(18)15(2,3)10-16)13-7-5-4-6-12(11)13/h4-7,11H,8-9H2,1-3H3. The Bertz CT molecular complexity index is 513. The summed E-state index contributed by atoms with van der Waals surface area (Å²) in [5, 5.41) is 9.10. The van der Waals surface area contributed by atoms with Gasteiger partial charge in [-0.3, -0.25) is 4.79 Å². The molecule has 0 saturated heterocycles. The van der Waals surface area contributed by atoms with Crippen LogP contribution < -0.4 is 4.90 Å². The van der Waals surface area contributed by atoms with Crippen molar-refractivity contribution in [3.63, 3.8) is 0 Å². The predicted molar refractivity (Wildman–Crippen MR) is 71.2 cm³/mol. The molecule has 0 aliphatic carbocycles. The van der Waals surface area contributed by atoms with E-state index in [1.807, 2.05) is 18.2 Å². The van der Waals surface area contributed by atoms with E-state index in [9.17, 15) is 4.79 Å². The van der Waals surface area contributed by atoms with Crippen LogP contribution in [-0.2, 0) is 4.79 Å². The molecule has 0 radical (unpaired) electrons. The highest BCUT2D eigenvalue weighted by Crippen LogP contribution is 2.36. The highest BCUT2D eigenvalue weighted by Gasteiger charge is 2.35. The van der Waals surface area contributed by atoms with Crippen molar-refractivity contribution >= 4 is 11.6 Å². The van der Waals surface area contributed by atoms with Crippen molar-refractivity contribution in [2.75, 3.05) is 11.4 Å². The van der Waals surface area contributed by atoms with Gasteiger partial charge < -0.3 is 4.90 Å². The zero-order valence-corrected chi connectivity index (χ0v) is 11.1. The first-order chi connectivity index (χ1) is 8.47. The zero-order valence-electron chi connectivity index (χ0n) is 11.1. The molecule has 1 aromatic carbocycles. The molecule has 0 saturated carbocycles. The molecule has 1 aromatic rings. The van der Waals surface area contributed by atoms with Gasteiger partial charge in [-0.1, -0.05) is 25.1 Å². The van der Waals surface area contributed by atoms with Gasteiger partial charge in [0.15, 0.2) is 0 Å². The van der Waals surface area contributed by atoms with Crippen LogP contribution in [0.2, 0.25) is 0 Å². The summed E-state index contributed by atoms with van der Waals surface area (Å²) in [6.07, 6.45) is 0.949. The highest BCUT2D eigenvalue weighted by molar-refractivity contribution is 5.99. The second-order valence-electron chi connectivity index (χ2n) is 5.44. The number of carbonyl (C=O) groups is 1. The van der Waals surface area contributed by atoms with Gasteiger partial charge in [0.25, 0.3) is 0 Å². The van der Waals surface area contributed by atoms with Crippen LogP contribution in [0, 0.1) is 16.7 Å². The molecule has 1 unspecified atom stereocenters. The number of carbonyl (C=O) groups excluding carboxylic acids is 1. The second-order valence-corrected chi connectivity index (χ2v) is 5.44. The molecule has 3 heteroatoms. The van der Waals surface area contributed by atoms with E-state index >= 15 is 0 Å². The minimum absolute atomic E-state index is 0.107. The first-order valence-corrected chi connectivity index (χ1v) is 6.29. The number of hydrogen-bond acceptors (Lipinski definition) is 2. The first kappa shape index (κ1) is 12.6. The van der Waals surface area contributed by atoms with Gasteiger partial charge in [-0.25, -0.2) is 0 Å². The Labute approximate surface area is 108 Å². The van der Waals surface area contributed by atoms with Crippen LogP contribution in [0.15, 0.2) is 24.3 Å². The van der Waals surface area contributed by atoms with Gasteiger partial charge in [0.2, 0.25) is 5.91 Å². The van der Waals surface area contributed by atoms with Gasteiger partial charge in [0.1, 0.15) is 5.41 Å². The summed E-state index contributed by atoms with van der Waals surface area (Å²) in [7, 11) is 0. The van der Waals surface area contributed by atoms with Crippen molar-refractivity contribution in [1.82, 2.24) is 0 Å². The minimum Gasteiger partial charge on any atom is -0.311 e. The van der Waals surface area contributed by atoms with Gasteiger partial charge in [0, 0.05) is 12.2 Å². The quantitative estimate of drug-likeness (QED) is 0.759. The van der Waals surface area contributed by atoms with Gasteiger partial charge in [0.05, 0.1) is 6.07 Å². The Hall–Kier alpha value is -1.82. The van der Waals surface area contributed by atoms with Gasteiger partial charge in [-0.15, -0.1) is 0 Å². The summed E-state index contributed by atoms with van der Waals surface area (Å²) in [4.78, 5) is 14.2. The lowest BCUT2D eigenvalue weighted by Gasteiger charge is -2.35. The zero-order chi connectivity index (χ0) is 13.3. The maximum Gasteiger partial charge on any atom is 0.246 e. The largest absolute Gasteiger partial charge is 0.311 e. The molecule has 1 atom stereocenters. The molecule has 0 spiro atoms. The molecular formula is C15H18N2O. The topological polar surface area (TPSA) is 44.1 Å². The molecule has 3 nitrogen and oxygen atoms in total. The number of hydrogen-bond donors (Lipinski definition) is 0. The van der Waals surface area contributed by atoms with Crippen molar-refractivity contribution in [3.8, 4) is 6.07 Å². The maximum absolute atomic E-state index is 12.4. The SMILES string of the molecule is CC1CCN(C(=O)C(C)(C)C#N)c2ccccc21. The third-order valence-electron chi connectivity index (χ3n) is 3.60. The summed E-state index contributed by atoms with van der Waals surface area (Å²) >= 11 is 0. The molecular weight excluding hydrogens is 224 g/mol. The molecule has 0 N–H and O–H groups in total. The van der Waals surface area contributed by atoms with Crippen LogP contribution in [-0.4, -0.2) is 12.5 Å². The van der Waals surface area contributed by atoms with E-state index in [4.69, 9.17) is 5.26 Å². The number of rotatable bonds is 1. The van der Waals surface area contributed by atoms with E-state index in [0.29, 0.717) is 12.5 Å². The smallest absolute Gasteiger partial charge is 0.246 e. The number of amides is 1. The molecule has 0 bridgehead atoms. The van der Waals surface area contributed by atoms with Crippen molar-refractivity contribution < 1.29 is 4.79 Å². The van der Waals surface area contributed by atoms with Crippen LogP contribution in [0.5, 0.6) is 0 Å². The van der Waals surface area contributed by atoms with Crippen LogP contribution in [0.3, 0.4) is 0 Å². The van der Waals surface area contributed by atoms with Crippen LogP contribution in [0.1, 0.15) is 38.7 Å². The van der Waals surface area contributed by atoms with Crippen molar-refractivity contribution in [3.05, 3.63) is 29.8 Å². The highest BCUT2D eigenvalue weighted by atomic mass is 16.2. The molecule has 0 fully saturated rings. The summed E-state index contributed by atoms with van der Waals surface area (Å²) in [5.41, 5.74) is 1.20. The van der Waals surface area contributed by atoms with Crippen molar-refractivity contribution in [2.45, 2.75) is 33.1 Å². The van der Waals surface area contributed by atoms with E-state index in [1.54, 1.807) is 18.7 Å². The van der Waals surface area contributed by atoms with E-state index in [0.717, 1.165) is 12.1 Å². The average Bonchev–Trinajstić information content (AvgIpc) is 2.39. The van der Waals surface area contributed by atoms with Gasteiger partial charge >= 0.3 is 0 Å². The number of benzene rings is 1. The molecule has 94 valence electrons. The van der Waals surface area contributed by atoms with Gasteiger partial charge in [-0.2, -0.15) is 5.26 Å². The third-order valence-corrected chi connectivity index (χ3v) is 3.60. The van der Waals surface area contributed by atoms with E-state index in [2.05, 4.69) is 19.1 Å². The Kier molecular flexibility index (Phi) is 3.13. The molecule has 1 heterocycles. The van der Waals surface area contributed by atoms with Gasteiger partial charge in [-0.05, 0) is 37.8 Å². The fraction of sp³-hybridized carbons (Fsp3) is 0.467. The predicted octanol–water partition coefficient (Wildman–Crippen LogP) is 3.08.